The summed E-state index contributed by atoms with van der Waals surface area (Å²) in [7, 11) is 0. The summed E-state index contributed by atoms with van der Waals surface area (Å²) in [4.78, 5) is 12.2. The van der Waals surface area contributed by atoms with E-state index in [9.17, 15) is 9.90 Å². The van der Waals surface area contributed by atoms with E-state index in [0.717, 1.165) is 25.7 Å². The Hall–Kier alpha value is -0.670. The van der Waals surface area contributed by atoms with Crippen LogP contribution in [0.3, 0.4) is 0 Å². The van der Waals surface area contributed by atoms with E-state index in [2.05, 4.69) is 19.1 Å². The van der Waals surface area contributed by atoms with Crippen LogP contribution >= 0.6 is 0 Å². The smallest absolute Gasteiger partial charge is 0.136 e. The Balaban J connectivity index is 2.00. The summed E-state index contributed by atoms with van der Waals surface area (Å²) in [5.41, 5.74) is 0. The Morgan fingerprint density at radius 1 is 1.37 bits per heavy atom. The van der Waals surface area contributed by atoms with Crippen molar-refractivity contribution in [3.05, 3.63) is 12.2 Å². The maximum absolute atomic E-state index is 12.2. The highest BCUT2D eigenvalue weighted by Gasteiger charge is 2.40. The van der Waals surface area contributed by atoms with E-state index in [0.29, 0.717) is 36.4 Å². The van der Waals surface area contributed by atoms with Crippen LogP contribution in [0.1, 0.15) is 45.4 Å². The van der Waals surface area contributed by atoms with E-state index >= 15 is 0 Å². The van der Waals surface area contributed by atoms with Gasteiger partial charge in [0.05, 0.1) is 6.10 Å². The molecule has 0 spiro atoms. The van der Waals surface area contributed by atoms with Crippen molar-refractivity contribution in [2.75, 3.05) is 6.61 Å². The SMILES string of the molecule is C[C@@H]1C=C[C@@H]2CCCC(=O)[C@H]2[C@@H]1CC[C@H](O)CCO. The van der Waals surface area contributed by atoms with Crippen LogP contribution in [0, 0.1) is 23.7 Å². The molecule has 19 heavy (non-hydrogen) atoms. The summed E-state index contributed by atoms with van der Waals surface area (Å²) in [5.74, 6) is 1.82. The van der Waals surface area contributed by atoms with Gasteiger partial charge in [0.25, 0.3) is 0 Å². The lowest BCUT2D eigenvalue weighted by Crippen LogP contribution is -2.39. The summed E-state index contributed by atoms with van der Waals surface area (Å²) in [6, 6.07) is 0. The molecule has 2 aliphatic carbocycles. The molecule has 0 aromatic rings. The van der Waals surface area contributed by atoms with Gasteiger partial charge in [-0.1, -0.05) is 19.1 Å². The molecule has 0 aromatic heterocycles. The van der Waals surface area contributed by atoms with Crippen molar-refractivity contribution >= 4 is 5.78 Å². The van der Waals surface area contributed by atoms with E-state index in [-0.39, 0.29) is 12.5 Å². The van der Waals surface area contributed by atoms with Crippen LogP contribution in [-0.4, -0.2) is 28.7 Å². The van der Waals surface area contributed by atoms with E-state index in [1.54, 1.807) is 0 Å². The van der Waals surface area contributed by atoms with Crippen molar-refractivity contribution < 1.29 is 15.0 Å². The molecule has 0 heterocycles. The van der Waals surface area contributed by atoms with E-state index in [1.807, 2.05) is 0 Å². The summed E-state index contributed by atoms with van der Waals surface area (Å²) >= 11 is 0. The van der Waals surface area contributed by atoms with Crippen molar-refractivity contribution in [3.63, 3.8) is 0 Å². The van der Waals surface area contributed by atoms with Gasteiger partial charge in [0.15, 0.2) is 0 Å². The van der Waals surface area contributed by atoms with E-state index < -0.39 is 6.10 Å². The number of Topliss-reactive ketones (excluding diaryl/α,β-unsaturated/α-hetero) is 1. The summed E-state index contributed by atoms with van der Waals surface area (Å²) in [6.45, 7) is 2.21. The van der Waals surface area contributed by atoms with Crippen molar-refractivity contribution in [3.8, 4) is 0 Å². The first-order valence-corrected chi connectivity index (χ1v) is 7.63. The van der Waals surface area contributed by atoms with Crippen molar-refractivity contribution in [2.45, 2.75) is 51.6 Å². The van der Waals surface area contributed by atoms with Gasteiger partial charge in [-0.2, -0.15) is 0 Å². The van der Waals surface area contributed by atoms with Gasteiger partial charge >= 0.3 is 0 Å². The second-order valence-electron chi connectivity index (χ2n) is 6.20. The largest absolute Gasteiger partial charge is 0.396 e. The number of aliphatic hydroxyl groups excluding tert-OH is 2. The minimum atomic E-state index is -0.430. The van der Waals surface area contributed by atoms with Crippen molar-refractivity contribution in [1.29, 1.82) is 0 Å². The van der Waals surface area contributed by atoms with Crippen LogP contribution in [0.5, 0.6) is 0 Å². The number of fused-ring (bicyclic) bond motifs is 1. The lowest BCUT2D eigenvalue weighted by atomic mass is 9.63. The molecule has 2 N–H and O–H groups in total. The Kier molecular flexibility index (Phi) is 5.17. The molecular weight excluding hydrogens is 240 g/mol. The van der Waals surface area contributed by atoms with Gasteiger partial charge in [-0.15, -0.1) is 0 Å². The molecule has 3 heteroatoms. The quantitative estimate of drug-likeness (QED) is 0.751. The van der Waals surface area contributed by atoms with E-state index in [4.69, 9.17) is 5.11 Å². The zero-order valence-corrected chi connectivity index (χ0v) is 11.8. The molecular formula is C16H26O3. The van der Waals surface area contributed by atoms with Crippen LogP contribution in [0.2, 0.25) is 0 Å². The van der Waals surface area contributed by atoms with Crippen LogP contribution < -0.4 is 0 Å². The molecule has 2 rings (SSSR count). The zero-order valence-electron chi connectivity index (χ0n) is 11.8. The number of ketones is 1. The Labute approximate surface area is 115 Å². The third-order valence-electron chi connectivity index (χ3n) is 4.89. The number of hydrogen-bond acceptors (Lipinski definition) is 3. The standard InChI is InChI=1S/C16H26O3/c1-11-5-6-12-3-2-4-15(19)16(12)14(11)8-7-13(18)9-10-17/h5-6,11-14,16-18H,2-4,7-10H2,1H3/t11-,12+,13+,14-,16-/m1/s1. The average Bonchev–Trinajstić information content (AvgIpc) is 2.38. The second kappa shape index (κ2) is 6.67. The molecule has 5 atom stereocenters. The fourth-order valence-electron chi connectivity index (χ4n) is 3.78. The highest BCUT2D eigenvalue weighted by Crippen LogP contribution is 2.43. The van der Waals surface area contributed by atoms with Gasteiger partial charge in [-0.05, 0) is 49.9 Å². The van der Waals surface area contributed by atoms with Crippen LogP contribution in [-0.2, 0) is 4.79 Å². The number of allylic oxidation sites excluding steroid dienone is 2. The molecule has 3 nitrogen and oxygen atoms in total. The fraction of sp³-hybridized carbons (Fsp3) is 0.812. The maximum atomic E-state index is 12.2. The number of rotatable bonds is 5. The molecule has 0 radical (unpaired) electrons. The van der Waals surface area contributed by atoms with Gasteiger partial charge < -0.3 is 10.2 Å². The summed E-state index contributed by atoms with van der Waals surface area (Å²) < 4.78 is 0. The van der Waals surface area contributed by atoms with Gasteiger partial charge in [0, 0.05) is 18.9 Å². The van der Waals surface area contributed by atoms with E-state index in [1.165, 1.54) is 0 Å². The lowest BCUT2D eigenvalue weighted by molar-refractivity contribution is -0.129. The van der Waals surface area contributed by atoms with Gasteiger partial charge in [-0.25, -0.2) is 0 Å². The molecule has 0 saturated heterocycles. The monoisotopic (exact) mass is 266 g/mol. The summed E-state index contributed by atoms with van der Waals surface area (Å²) in [6.07, 6.45) is 8.99. The Morgan fingerprint density at radius 2 is 2.16 bits per heavy atom. The molecule has 2 aliphatic rings. The Bertz CT molecular complexity index is 337. The highest BCUT2D eigenvalue weighted by molar-refractivity contribution is 5.82. The minimum absolute atomic E-state index is 0.0340. The lowest BCUT2D eigenvalue weighted by Gasteiger charge is -2.40. The molecule has 1 saturated carbocycles. The average molecular weight is 266 g/mol. The third-order valence-corrected chi connectivity index (χ3v) is 4.89. The topological polar surface area (TPSA) is 57.5 Å². The Morgan fingerprint density at radius 3 is 2.89 bits per heavy atom. The molecule has 1 fully saturated rings. The normalized spacial score (nSPS) is 36.1. The second-order valence-corrected chi connectivity index (χ2v) is 6.20. The van der Waals surface area contributed by atoms with Gasteiger partial charge in [0.1, 0.15) is 5.78 Å². The molecule has 0 aromatic carbocycles. The highest BCUT2D eigenvalue weighted by atomic mass is 16.3. The maximum Gasteiger partial charge on any atom is 0.136 e. The molecule has 0 aliphatic heterocycles. The van der Waals surface area contributed by atoms with Crippen LogP contribution in [0.15, 0.2) is 12.2 Å². The number of aliphatic hydroxyl groups is 2. The zero-order chi connectivity index (χ0) is 13.8. The number of carbonyl (C=O) groups is 1. The number of hydrogen-bond donors (Lipinski definition) is 2. The first-order valence-electron chi connectivity index (χ1n) is 7.63. The van der Waals surface area contributed by atoms with Crippen molar-refractivity contribution in [2.24, 2.45) is 23.7 Å². The summed E-state index contributed by atoms with van der Waals surface area (Å²) in [5, 5.41) is 18.6. The third kappa shape index (κ3) is 3.46. The first-order chi connectivity index (χ1) is 9.13. The van der Waals surface area contributed by atoms with Crippen LogP contribution in [0.25, 0.3) is 0 Å². The molecule has 0 unspecified atom stereocenters. The van der Waals surface area contributed by atoms with Crippen molar-refractivity contribution in [1.82, 2.24) is 0 Å². The van der Waals surface area contributed by atoms with Gasteiger partial charge in [0.2, 0.25) is 0 Å². The van der Waals surface area contributed by atoms with Gasteiger partial charge in [-0.3, -0.25) is 4.79 Å². The first kappa shape index (κ1) is 14.7. The van der Waals surface area contributed by atoms with Crippen LogP contribution in [0.4, 0.5) is 0 Å². The number of carbonyl (C=O) groups excluding carboxylic acids is 1. The predicted molar refractivity (Wildman–Crippen MR) is 74.6 cm³/mol. The fourth-order valence-corrected chi connectivity index (χ4v) is 3.78. The molecule has 0 bridgehead atoms. The molecule has 0 amide bonds. The predicted octanol–water partition coefficient (Wildman–Crippen LogP) is 2.32. The minimum Gasteiger partial charge on any atom is -0.396 e. The molecule has 108 valence electrons.